The molecule has 2 rings (SSSR count). The van der Waals surface area contributed by atoms with Crippen molar-refractivity contribution in [2.75, 3.05) is 11.9 Å². The molecule has 0 bridgehead atoms. The molecule has 1 heterocycles. The minimum absolute atomic E-state index is 0.198. The van der Waals surface area contributed by atoms with E-state index in [2.05, 4.69) is 15.6 Å². The minimum Gasteiger partial charge on any atom is -0.394 e. The van der Waals surface area contributed by atoms with E-state index in [4.69, 9.17) is 11.6 Å². The number of nitrogens with zero attached hydrogens (tertiary/aromatic N) is 1. The summed E-state index contributed by atoms with van der Waals surface area (Å²) in [5, 5.41) is 15.1. The van der Waals surface area contributed by atoms with Crippen LogP contribution in [0.15, 0.2) is 36.4 Å². The molecule has 0 radical (unpaired) electrons. The van der Waals surface area contributed by atoms with Gasteiger partial charge in [-0.2, -0.15) is 0 Å². The van der Waals surface area contributed by atoms with Crippen molar-refractivity contribution in [1.82, 2.24) is 10.3 Å². The Bertz CT molecular complexity index is 639. The fraction of sp³-hybridized carbons (Fsp3) is 0.250. The highest BCUT2D eigenvalue weighted by Gasteiger charge is 2.15. The van der Waals surface area contributed by atoms with Gasteiger partial charge in [0.1, 0.15) is 0 Å². The van der Waals surface area contributed by atoms with Crippen molar-refractivity contribution < 1.29 is 9.90 Å². The Morgan fingerprint density at radius 1 is 1.32 bits per heavy atom. The van der Waals surface area contributed by atoms with E-state index in [9.17, 15) is 9.90 Å². The van der Waals surface area contributed by atoms with Crippen molar-refractivity contribution in [2.24, 2.45) is 0 Å². The first-order valence-corrected chi connectivity index (χ1v) is 7.26. The Hall–Kier alpha value is -2.11. The SMILES string of the molecule is Cc1cc(C)c(NC(=O)N[C@@H](CO)c2ccccc2)c(Cl)n1. The van der Waals surface area contributed by atoms with E-state index in [1.54, 1.807) is 0 Å². The molecule has 1 aromatic heterocycles. The molecule has 0 unspecified atom stereocenters. The molecular formula is C16H18ClN3O2. The van der Waals surface area contributed by atoms with Crippen molar-refractivity contribution in [2.45, 2.75) is 19.9 Å². The number of pyridine rings is 1. The van der Waals surface area contributed by atoms with Gasteiger partial charge in [-0.3, -0.25) is 0 Å². The van der Waals surface area contributed by atoms with Crippen LogP contribution in [-0.4, -0.2) is 22.7 Å². The summed E-state index contributed by atoms with van der Waals surface area (Å²) in [6.45, 7) is 3.48. The molecule has 0 saturated heterocycles. The Balaban J connectivity index is 2.10. The van der Waals surface area contributed by atoms with Crippen molar-refractivity contribution in [3.8, 4) is 0 Å². The average molecular weight is 320 g/mol. The van der Waals surface area contributed by atoms with Gasteiger partial charge in [-0.1, -0.05) is 41.9 Å². The van der Waals surface area contributed by atoms with Gasteiger partial charge in [0.25, 0.3) is 0 Å². The fourth-order valence-corrected chi connectivity index (χ4v) is 2.50. The van der Waals surface area contributed by atoms with Crippen LogP contribution in [0.1, 0.15) is 22.9 Å². The van der Waals surface area contributed by atoms with Crippen molar-refractivity contribution in [1.29, 1.82) is 0 Å². The average Bonchev–Trinajstić information content (AvgIpc) is 2.49. The molecule has 3 N–H and O–H groups in total. The van der Waals surface area contributed by atoms with Crippen LogP contribution in [0.3, 0.4) is 0 Å². The van der Waals surface area contributed by atoms with Gasteiger partial charge >= 0.3 is 6.03 Å². The van der Waals surface area contributed by atoms with E-state index in [0.29, 0.717) is 5.69 Å². The number of halogens is 1. The number of aliphatic hydroxyl groups is 1. The Kier molecular flexibility index (Phi) is 5.35. The Morgan fingerprint density at radius 2 is 2.00 bits per heavy atom. The quantitative estimate of drug-likeness (QED) is 0.758. The number of benzene rings is 1. The molecule has 116 valence electrons. The van der Waals surface area contributed by atoms with E-state index < -0.39 is 12.1 Å². The molecule has 5 nitrogen and oxygen atoms in total. The van der Waals surface area contributed by atoms with Gasteiger partial charge < -0.3 is 15.7 Å². The normalized spacial score (nSPS) is 11.8. The van der Waals surface area contributed by atoms with Crippen LogP contribution in [0.25, 0.3) is 0 Å². The number of rotatable bonds is 4. The maximum Gasteiger partial charge on any atom is 0.319 e. The molecule has 0 aliphatic rings. The summed E-state index contributed by atoms with van der Waals surface area (Å²) in [7, 11) is 0. The number of anilines is 1. The summed E-state index contributed by atoms with van der Waals surface area (Å²) >= 11 is 6.06. The van der Waals surface area contributed by atoms with Crippen LogP contribution in [0.2, 0.25) is 5.15 Å². The highest BCUT2D eigenvalue weighted by Crippen LogP contribution is 2.24. The summed E-state index contributed by atoms with van der Waals surface area (Å²) in [6.07, 6.45) is 0. The maximum absolute atomic E-state index is 12.1. The number of aryl methyl sites for hydroxylation is 2. The molecule has 0 spiro atoms. The van der Waals surface area contributed by atoms with Crippen LogP contribution >= 0.6 is 11.6 Å². The minimum atomic E-state index is -0.487. The van der Waals surface area contributed by atoms with Crippen molar-refractivity contribution >= 4 is 23.3 Å². The lowest BCUT2D eigenvalue weighted by molar-refractivity contribution is 0.225. The van der Waals surface area contributed by atoms with Gasteiger partial charge in [-0.05, 0) is 31.0 Å². The third-order valence-corrected chi connectivity index (χ3v) is 3.50. The monoisotopic (exact) mass is 319 g/mol. The number of carbonyl (C=O) groups is 1. The summed E-state index contributed by atoms with van der Waals surface area (Å²) < 4.78 is 0. The number of hydrogen-bond donors (Lipinski definition) is 3. The molecule has 0 fully saturated rings. The lowest BCUT2D eigenvalue weighted by Crippen LogP contribution is -2.34. The molecular weight excluding hydrogens is 302 g/mol. The molecule has 0 aliphatic carbocycles. The second-order valence-corrected chi connectivity index (χ2v) is 5.35. The van der Waals surface area contributed by atoms with Crippen LogP contribution in [-0.2, 0) is 0 Å². The standard InChI is InChI=1S/C16H18ClN3O2/c1-10-8-11(2)18-15(17)14(10)20-16(22)19-13(9-21)12-6-4-3-5-7-12/h3-8,13,21H,9H2,1-2H3,(H2,19,20,22)/t13-/m0/s1. The Morgan fingerprint density at radius 3 is 2.59 bits per heavy atom. The summed E-state index contributed by atoms with van der Waals surface area (Å²) in [6, 6.07) is 10.2. The third-order valence-electron chi connectivity index (χ3n) is 3.23. The van der Waals surface area contributed by atoms with E-state index >= 15 is 0 Å². The zero-order valence-corrected chi connectivity index (χ0v) is 13.2. The topological polar surface area (TPSA) is 74.2 Å². The van der Waals surface area contributed by atoms with Gasteiger partial charge in [0, 0.05) is 5.69 Å². The largest absolute Gasteiger partial charge is 0.394 e. The third kappa shape index (κ3) is 3.96. The van der Waals surface area contributed by atoms with Crippen LogP contribution < -0.4 is 10.6 Å². The molecule has 1 atom stereocenters. The van der Waals surface area contributed by atoms with E-state index in [1.807, 2.05) is 50.2 Å². The second-order valence-electron chi connectivity index (χ2n) is 4.99. The van der Waals surface area contributed by atoms with Gasteiger partial charge in [0.15, 0.2) is 5.15 Å². The highest BCUT2D eigenvalue weighted by molar-refractivity contribution is 6.32. The first-order valence-electron chi connectivity index (χ1n) is 6.88. The van der Waals surface area contributed by atoms with Crippen LogP contribution in [0.4, 0.5) is 10.5 Å². The molecule has 0 aliphatic heterocycles. The van der Waals surface area contributed by atoms with Crippen LogP contribution in [0, 0.1) is 13.8 Å². The maximum atomic E-state index is 12.1. The number of carbonyl (C=O) groups excluding carboxylic acids is 1. The predicted octanol–water partition coefficient (Wildman–Crippen LogP) is 3.21. The summed E-state index contributed by atoms with van der Waals surface area (Å²) in [5.41, 5.74) is 2.90. The number of aliphatic hydroxyl groups excluding tert-OH is 1. The summed E-state index contributed by atoms with van der Waals surface area (Å²) in [5.74, 6) is 0. The van der Waals surface area contributed by atoms with E-state index in [0.717, 1.165) is 16.8 Å². The summed E-state index contributed by atoms with van der Waals surface area (Å²) in [4.78, 5) is 16.2. The number of aromatic nitrogens is 1. The van der Waals surface area contributed by atoms with Crippen molar-refractivity contribution in [3.05, 3.63) is 58.4 Å². The van der Waals surface area contributed by atoms with Gasteiger partial charge in [-0.25, -0.2) is 9.78 Å². The van der Waals surface area contributed by atoms with Gasteiger partial charge in [0.2, 0.25) is 0 Å². The van der Waals surface area contributed by atoms with Crippen LogP contribution in [0.5, 0.6) is 0 Å². The number of nitrogens with one attached hydrogen (secondary N) is 2. The zero-order chi connectivity index (χ0) is 16.1. The first kappa shape index (κ1) is 16.3. The predicted molar refractivity (Wildman–Crippen MR) is 87.1 cm³/mol. The number of amides is 2. The van der Waals surface area contributed by atoms with Gasteiger partial charge in [-0.15, -0.1) is 0 Å². The van der Waals surface area contributed by atoms with Crippen molar-refractivity contribution in [3.63, 3.8) is 0 Å². The number of hydrogen-bond acceptors (Lipinski definition) is 3. The molecule has 22 heavy (non-hydrogen) atoms. The molecule has 2 amide bonds. The van der Waals surface area contributed by atoms with E-state index in [-0.39, 0.29) is 11.8 Å². The Labute approximate surface area is 134 Å². The fourth-order valence-electron chi connectivity index (χ4n) is 2.17. The number of urea groups is 1. The zero-order valence-electron chi connectivity index (χ0n) is 12.4. The molecule has 2 aromatic rings. The molecule has 1 aromatic carbocycles. The second kappa shape index (κ2) is 7.24. The van der Waals surface area contributed by atoms with Gasteiger partial charge in [0.05, 0.1) is 18.3 Å². The molecule has 0 saturated carbocycles. The lowest BCUT2D eigenvalue weighted by Gasteiger charge is -2.18. The molecule has 6 heteroatoms. The lowest BCUT2D eigenvalue weighted by atomic mass is 10.1. The first-order chi connectivity index (χ1) is 10.5. The van der Waals surface area contributed by atoms with E-state index in [1.165, 1.54) is 0 Å². The smallest absolute Gasteiger partial charge is 0.319 e. The highest BCUT2D eigenvalue weighted by atomic mass is 35.5.